The average Bonchev–Trinajstić information content (AvgIpc) is 3.40. The molecule has 3 aromatic rings. The number of rotatable bonds is 7. The first kappa shape index (κ1) is 22.3. The number of hydrogen-bond donors (Lipinski definition) is 3. The molecular weight excluding hydrogens is 455 g/mol. The number of carbonyl (C=O) groups is 3. The third-order valence-electron chi connectivity index (χ3n) is 5.32. The van der Waals surface area contributed by atoms with Crippen molar-refractivity contribution in [2.45, 2.75) is 17.8 Å². The fraction of sp³-hybridized carbons (Fsp3) is 0.227. The van der Waals surface area contributed by atoms with Crippen molar-refractivity contribution in [2.24, 2.45) is 5.73 Å². The average molecular weight is 475 g/mol. The largest absolute Gasteiger partial charge is 0.364 e. The Hall–Kier alpha value is -2.88. The summed E-state index contributed by atoms with van der Waals surface area (Å²) in [6.45, 7) is 0.0139. The number of aromatic nitrogens is 1. The number of aromatic amines is 1. The maximum Gasteiger partial charge on any atom is 0.289 e. The van der Waals surface area contributed by atoms with Gasteiger partial charge in [0.25, 0.3) is 11.8 Å². The van der Waals surface area contributed by atoms with Gasteiger partial charge in [-0.1, -0.05) is 46.4 Å². The van der Waals surface area contributed by atoms with E-state index in [1.165, 1.54) is 0 Å². The van der Waals surface area contributed by atoms with E-state index in [0.717, 1.165) is 11.8 Å². The Morgan fingerprint density at radius 3 is 2.66 bits per heavy atom. The summed E-state index contributed by atoms with van der Waals surface area (Å²) in [7, 11) is 0. The Bertz CT molecular complexity index is 1210. The van der Waals surface area contributed by atoms with Crippen LogP contribution in [0.25, 0.3) is 10.9 Å². The number of halogens is 2. The molecule has 0 unspecified atom stereocenters. The van der Waals surface area contributed by atoms with E-state index >= 15 is 0 Å². The van der Waals surface area contributed by atoms with Gasteiger partial charge in [-0.3, -0.25) is 19.7 Å². The van der Waals surface area contributed by atoms with Gasteiger partial charge in [0.2, 0.25) is 4.87 Å². The lowest BCUT2D eigenvalue weighted by Crippen LogP contribution is -2.57. The number of H-pyrrole nitrogens is 1. The van der Waals surface area contributed by atoms with Crippen molar-refractivity contribution in [3.05, 3.63) is 70.4 Å². The third-order valence-corrected chi connectivity index (χ3v) is 6.94. The van der Waals surface area contributed by atoms with Crippen molar-refractivity contribution in [2.75, 3.05) is 12.3 Å². The number of carbonyl (C=O) groups excluding carboxylic acids is 3. The zero-order chi connectivity index (χ0) is 22.9. The second-order valence-corrected chi connectivity index (χ2v) is 9.15. The molecule has 7 nitrogen and oxygen atoms in total. The SMILES string of the molecule is NC(=O)c1[nH]c2ccccc2c1CC(=O)[C@]1(C(=O)N(F)Cc2cccc(Cl)c2)NCCS1. The van der Waals surface area contributed by atoms with Gasteiger partial charge >= 0.3 is 0 Å². The van der Waals surface area contributed by atoms with Crippen molar-refractivity contribution in [3.63, 3.8) is 0 Å². The van der Waals surface area contributed by atoms with Crippen LogP contribution in [0.1, 0.15) is 21.6 Å². The number of primary amides is 1. The lowest BCUT2D eigenvalue weighted by atomic mass is 9.99. The van der Waals surface area contributed by atoms with Crippen LogP contribution in [0.4, 0.5) is 4.48 Å². The summed E-state index contributed by atoms with van der Waals surface area (Å²) in [6.07, 6.45) is -0.265. The number of ketones is 1. The Morgan fingerprint density at radius 2 is 1.97 bits per heavy atom. The number of nitrogens with two attached hydrogens (primary N) is 1. The molecule has 1 fully saturated rings. The molecular formula is C22H20ClFN4O3S. The highest BCUT2D eigenvalue weighted by Crippen LogP contribution is 2.34. The van der Waals surface area contributed by atoms with Crippen LogP contribution in [0.5, 0.6) is 0 Å². The summed E-state index contributed by atoms with van der Waals surface area (Å²) >= 11 is 6.99. The van der Waals surface area contributed by atoms with Crippen LogP contribution >= 0.6 is 23.4 Å². The van der Waals surface area contributed by atoms with E-state index in [0.29, 0.717) is 39.4 Å². The second-order valence-electron chi connectivity index (χ2n) is 7.40. The normalized spacial score (nSPS) is 18.1. The molecule has 1 saturated heterocycles. The van der Waals surface area contributed by atoms with E-state index in [1.807, 2.05) is 0 Å². The molecule has 0 bridgehead atoms. The van der Waals surface area contributed by atoms with E-state index in [-0.39, 0.29) is 23.8 Å². The highest BCUT2D eigenvalue weighted by Gasteiger charge is 2.51. The smallest absolute Gasteiger partial charge is 0.289 e. The lowest BCUT2D eigenvalue weighted by Gasteiger charge is -2.28. The minimum absolute atomic E-state index is 0.0269. The first-order valence-electron chi connectivity index (χ1n) is 9.85. The lowest BCUT2D eigenvalue weighted by molar-refractivity contribution is -0.154. The molecule has 4 N–H and O–H groups in total. The first-order valence-corrected chi connectivity index (χ1v) is 11.2. The predicted molar refractivity (Wildman–Crippen MR) is 122 cm³/mol. The molecule has 166 valence electrons. The number of nitrogens with one attached hydrogen (secondary N) is 2. The van der Waals surface area contributed by atoms with Crippen LogP contribution < -0.4 is 11.1 Å². The second kappa shape index (κ2) is 8.93. The molecule has 1 aliphatic heterocycles. The number of thioether (sulfide) groups is 1. The summed E-state index contributed by atoms with van der Waals surface area (Å²) in [5, 5.41) is 3.98. The molecule has 10 heteroatoms. The van der Waals surface area contributed by atoms with E-state index in [1.54, 1.807) is 48.5 Å². The molecule has 4 rings (SSSR count). The Balaban J connectivity index is 1.63. The van der Waals surface area contributed by atoms with Crippen LogP contribution in [0.15, 0.2) is 48.5 Å². The fourth-order valence-electron chi connectivity index (χ4n) is 3.84. The Morgan fingerprint density at radius 1 is 1.19 bits per heavy atom. The van der Waals surface area contributed by atoms with Crippen molar-refractivity contribution >= 4 is 51.9 Å². The first-order chi connectivity index (χ1) is 15.3. The highest BCUT2D eigenvalue weighted by atomic mass is 35.5. The van der Waals surface area contributed by atoms with Crippen LogP contribution in [-0.4, -0.2) is 44.9 Å². The number of fused-ring (bicyclic) bond motifs is 1. The van der Waals surface area contributed by atoms with E-state index < -0.39 is 22.5 Å². The summed E-state index contributed by atoms with van der Waals surface area (Å²) < 4.78 is 15.0. The van der Waals surface area contributed by atoms with Crippen LogP contribution in [0.2, 0.25) is 5.02 Å². The van der Waals surface area contributed by atoms with Crippen molar-refractivity contribution in [1.29, 1.82) is 0 Å². The topological polar surface area (TPSA) is 108 Å². The predicted octanol–water partition coefficient (Wildman–Crippen LogP) is 2.98. The van der Waals surface area contributed by atoms with Gasteiger partial charge in [0.15, 0.2) is 5.78 Å². The summed E-state index contributed by atoms with van der Waals surface area (Å²) in [5.41, 5.74) is 7.12. The van der Waals surface area contributed by atoms with E-state index in [4.69, 9.17) is 17.3 Å². The number of para-hydroxylation sites is 1. The van der Waals surface area contributed by atoms with Gasteiger partial charge in [-0.2, -0.15) is 5.12 Å². The van der Waals surface area contributed by atoms with E-state index in [2.05, 4.69) is 10.3 Å². The fourth-order valence-corrected chi connectivity index (χ4v) is 5.22. The van der Waals surface area contributed by atoms with Crippen molar-refractivity contribution < 1.29 is 18.9 Å². The highest BCUT2D eigenvalue weighted by molar-refractivity contribution is 8.02. The van der Waals surface area contributed by atoms with Crippen LogP contribution in [0, 0.1) is 0 Å². The standard InChI is InChI=1S/C22H20ClFN4O3S/c23-14-5-3-4-13(10-14)12-28(24)21(31)22(26-8-9-32-22)18(29)11-16-15-6-1-2-7-17(15)27-19(16)20(25)30/h1-7,10,26-27H,8-9,11-12H2,(H2,25,30)/t22-/m0/s1. The monoisotopic (exact) mass is 474 g/mol. The summed E-state index contributed by atoms with van der Waals surface area (Å²) in [4.78, 5) is 39.6. The zero-order valence-corrected chi connectivity index (χ0v) is 18.4. The molecule has 2 heterocycles. The molecule has 32 heavy (non-hydrogen) atoms. The summed E-state index contributed by atoms with van der Waals surface area (Å²) in [5.74, 6) is -1.81. The zero-order valence-electron chi connectivity index (χ0n) is 16.9. The Kier molecular flexibility index (Phi) is 6.23. The van der Waals surface area contributed by atoms with Gasteiger partial charge in [-0.15, -0.1) is 11.8 Å². The van der Waals surface area contributed by atoms with Gasteiger partial charge in [0, 0.05) is 34.6 Å². The van der Waals surface area contributed by atoms with Gasteiger partial charge in [0.05, 0.1) is 6.54 Å². The van der Waals surface area contributed by atoms with Gasteiger partial charge < -0.3 is 10.7 Å². The maximum atomic E-state index is 15.0. The molecule has 2 aromatic carbocycles. The molecule has 0 radical (unpaired) electrons. The minimum atomic E-state index is -1.79. The van der Waals surface area contributed by atoms with E-state index in [9.17, 15) is 18.9 Å². The van der Waals surface area contributed by atoms with Gasteiger partial charge in [0.1, 0.15) is 5.69 Å². The van der Waals surface area contributed by atoms with Crippen molar-refractivity contribution in [1.82, 2.24) is 15.4 Å². The molecule has 2 amide bonds. The summed E-state index contributed by atoms with van der Waals surface area (Å²) in [6, 6.07) is 13.6. The molecule has 0 aliphatic carbocycles. The maximum absolute atomic E-state index is 15.0. The number of Topliss-reactive ketones (excluding diaryl/α,β-unsaturated/α-hetero) is 1. The number of hydrogen-bond acceptors (Lipinski definition) is 5. The quantitative estimate of drug-likeness (QED) is 0.360. The third kappa shape index (κ3) is 4.11. The molecule has 1 aromatic heterocycles. The minimum Gasteiger partial charge on any atom is -0.364 e. The van der Waals surface area contributed by atoms with Crippen LogP contribution in [0.3, 0.4) is 0 Å². The molecule has 1 aliphatic rings. The van der Waals surface area contributed by atoms with Crippen molar-refractivity contribution in [3.8, 4) is 0 Å². The Labute approximate surface area is 192 Å². The number of benzene rings is 2. The van der Waals surface area contributed by atoms with Crippen LogP contribution in [-0.2, 0) is 22.6 Å². The molecule has 0 spiro atoms. The van der Waals surface area contributed by atoms with Gasteiger partial charge in [-0.05, 0) is 29.3 Å². The molecule has 0 saturated carbocycles. The molecule has 1 atom stereocenters. The van der Waals surface area contributed by atoms with Gasteiger partial charge in [-0.25, -0.2) is 0 Å². The number of nitrogens with zero attached hydrogens (tertiary/aromatic N) is 1. The number of amides is 2.